The van der Waals surface area contributed by atoms with Crippen LogP contribution in [0.15, 0.2) is 24.3 Å². The predicted octanol–water partition coefficient (Wildman–Crippen LogP) is 2.03. The molecule has 3 rings (SSSR count). The Hall–Kier alpha value is -1.79. The zero-order chi connectivity index (χ0) is 16.1. The number of methoxy groups -OCH3 is 1. The lowest BCUT2D eigenvalue weighted by atomic mass is 10.0. The third-order valence-electron chi connectivity index (χ3n) is 4.23. The van der Waals surface area contributed by atoms with Crippen molar-refractivity contribution in [3.8, 4) is 11.5 Å². The number of ether oxygens (including phenoxy) is 3. The number of carbonyl (C=O) groups is 1. The number of hydroxylamine groups is 2. The maximum atomic E-state index is 12.1. The van der Waals surface area contributed by atoms with E-state index in [2.05, 4.69) is 0 Å². The van der Waals surface area contributed by atoms with Gasteiger partial charge in [-0.25, -0.2) is 0 Å². The summed E-state index contributed by atoms with van der Waals surface area (Å²) in [7, 11) is 1.63. The molecule has 2 heterocycles. The molecular formula is C17H23NO5. The van der Waals surface area contributed by atoms with Gasteiger partial charge in [0.05, 0.1) is 19.6 Å². The first-order valence-electron chi connectivity index (χ1n) is 8.10. The van der Waals surface area contributed by atoms with Crippen LogP contribution in [0.2, 0.25) is 0 Å². The second-order valence-corrected chi connectivity index (χ2v) is 5.89. The highest BCUT2D eigenvalue weighted by Crippen LogP contribution is 2.24. The number of benzene rings is 1. The normalized spacial score (nSPS) is 22.7. The van der Waals surface area contributed by atoms with Crippen LogP contribution in [0.1, 0.15) is 19.3 Å². The molecule has 0 unspecified atom stereocenters. The highest BCUT2D eigenvalue weighted by atomic mass is 16.7. The highest BCUT2D eigenvalue weighted by Gasteiger charge is 2.30. The summed E-state index contributed by atoms with van der Waals surface area (Å²) in [5.74, 6) is 1.35. The molecule has 2 aliphatic rings. The van der Waals surface area contributed by atoms with Crippen LogP contribution in [0.3, 0.4) is 0 Å². The van der Waals surface area contributed by atoms with Crippen molar-refractivity contribution in [1.82, 2.24) is 5.06 Å². The molecule has 2 fully saturated rings. The van der Waals surface area contributed by atoms with Crippen molar-refractivity contribution in [1.29, 1.82) is 0 Å². The first-order chi connectivity index (χ1) is 11.2. The third kappa shape index (κ3) is 4.36. The van der Waals surface area contributed by atoms with E-state index in [-0.39, 0.29) is 18.0 Å². The van der Waals surface area contributed by atoms with Gasteiger partial charge in [0, 0.05) is 32.2 Å². The Morgan fingerprint density at radius 3 is 2.78 bits per heavy atom. The van der Waals surface area contributed by atoms with Gasteiger partial charge in [0.25, 0.3) is 0 Å². The molecule has 0 saturated carbocycles. The first kappa shape index (κ1) is 16.1. The van der Waals surface area contributed by atoms with E-state index in [9.17, 15) is 4.79 Å². The summed E-state index contributed by atoms with van der Waals surface area (Å²) in [6, 6.07) is 7.53. The lowest BCUT2D eigenvalue weighted by Gasteiger charge is -2.23. The SMILES string of the molecule is COc1cccc(O[C@@H]2CCN(OC(=O)C3CCOCC3)C2)c1. The van der Waals surface area contributed by atoms with Gasteiger partial charge in [-0.2, -0.15) is 0 Å². The summed E-state index contributed by atoms with van der Waals surface area (Å²) in [4.78, 5) is 17.6. The number of rotatable bonds is 5. The standard InChI is InChI=1S/C17H23NO5/c1-20-14-3-2-4-15(11-14)22-16-5-8-18(12-16)23-17(19)13-6-9-21-10-7-13/h2-4,11,13,16H,5-10,12H2,1H3/t16-/m1/s1. The lowest BCUT2D eigenvalue weighted by molar-refractivity contribution is -0.194. The molecule has 126 valence electrons. The number of nitrogens with zero attached hydrogens (tertiary/aromatic N) is 1. The zero-order valence-electron chi connectivity index (χ0n) is 13.4. The molecule has 0 aliphatic carbocycles. The Kier molecular flexibility index (Phi) is 5.35. The van der Waals surface area contributed by atoms with Crippen molar-refractivity contribution in [3.63, 3.8) is 0 Å². The summed E-state index contributed by atoms with van der Waals surface area (Å²) in [6.07, 6.45) is 2.34. The number of carbonyl (C=O) groups excluding carboxylic acids is 1. The van der Waals surface area contributed by atoms with Crippen molar-refractivity contribution in [2.45, 2.75) is 25.4 Å². The molecule has 23 heavy (non-hydrogen) atoms. The molecule has 1 atom stereocenters. The third-order valence-corrected chi connectivity index (χ3v) is 4.23. The van der Waals surface area contributed by atoms with E-state index in [0.717, 1.165) is 30.8 Å². The smallest absolute Gasteiger partial charge is 0.328 e. The predicted molar refractivity (Wildman–Crippen MR) is 83.2 cm³/mol. The monoisotopic (exact) mass is 321 g/mol. The number of hydrogen-bond donors (Lipinski definition) is 0. The number of hydrogen-bond acceptors (Lipinski definition) is 6. The van der Waals surface area contributed by atoms with Gasteiger partial charge in [-0.1, -0.05) is 6.07 Å². The molecule has 2 aliphatic heterocycles. The van der Waals surface area contributed by atoms with E-state index in [1.165, 1.54) is 0 Å². The van der Waals surface area contributed by atoms with Gasteiger partial charge >= 0.3 is 5.97 Å². The molecule has 0 bridgehead atoms. The van der Waals surface area contributed by atoms with E-state index >= 15 is 0 Å². The minimum atomic E-state index is -0.143. The molecule has 6 heteroatoms. The van der Waals surface area contributed by atoms with Gasteiger partial charge in [-0.15, -0.1) is 5.06 Å². The minimum absolute atomic E-state index is 0.0181. The van der Waals surface area contributed by atoms with Crippen LogP contribution in [-0.2, 0) is 14.4 Å². The van der Waals surface area contributed by atoms with Gasteiger partial charge < -0.3 is 19.0 Å². The molecule has 6 nitrogen and oxygen atoms in total. The van der Waals surface area contributed by atoms with E-state index in [1.807, 2.05) is 24.3 Å². The van der Waals surface area contributed by atoms with Crippen LogP contribution >= 0.6 is 0 Å². The Bertz CT molecular complexity index is 529. The van der Waals surface area contributed by atoms with E-state index in [4.69, 9.17) is 19.0 Å². The minimum Gasteiger partial charge on any atom is -0.497 e. The van der Waals surface area contributed by atoms with Gasteiger partial charge in [0.2, 0.25) is 0 Å². The Morgan fingerprint density at radius 2 is 2.00 bits per heavy atom. The van der Waals surface area contributed by atoms with Crippen molar-refractivity contribution >= 4 is 5.97 Å². The molecule has 1 aromatic carbocycles. The molecule has 2 saturated heterocycles. The van der Waals surface area contributed by atoms with Crippen LogP contribution in [-0.4, -0.2) is 50.5 Å². The van der Waals surface area contributed by atoms with Crippen LogP contribution in [0.5, 0.6) is 11.5 Å². The molecule has 0 aromatic heterocycles. The van der Waals surface area contributed by atoms with Crippen molar-refractivity contribution in [3.05, 3.63) is 24.3 Å². The van der Waals surface area contributed by atoms with Gasteiger partial charge in [0.1, 0.15) is 17.6 Å². The van der Waals surface area contributed by atoms with E-state index in [0.29, 0.717) is 26.3 Å². The summed E-state index contributed by atoms with van der Waals surface area (Å²) in [5.41, 5.74) is 0. The topological polar surface area (TPSA) is 57.2 Å². The second-order valence-electron chi connectivity index (χ2n) is 5.89. The van der Waals surface area contributed by atoms with Crippen LogP contribution < -0.4 is 9.47 Å². The first-order valence-corrected chi connectivity index (χ1v) is 8.10. The second kappa shape index (κ2) is 7.66. The molecule has 1 aromatic rings. The molecule has 0 radical (unpaired) electrons. The van der Waals surface area contributed by atoms with Crippen molar-refractivity contribution in [2.24, 2.45) is 5.92 Å². The van der Waals surface area contributed by atoms with Crippen LogP contribution in [0, 0.1) is 5.92 Å². The maximum absolute atomic E-state index is 12.1. The van der Waals surface area contributed by atoms with Crippen molar-refractivity contribution < 1.29 is 23.8 Å². The van der Waals surface area contributed by atoms with Crippen LogP contribution in [0.4, 0.5) is 0 Å². The van der Waals surface area contributed by atoms with E-state index < -0.39 is 0 Å². The van der Waals surface area contributed by atoms with Crippen molar-refractivity contribution in [2.75, 3.05) is 33.4 Å². The Morgan fingerprint density at radius 1 is 1.22 bits per heavy atom. The average molecular weight is 321 g/mol. The molecule has 0 amide bonds. The lowest BCUT2D eigenvalue weighted by Crippen LogP contribution is -2.33. The Balaban J connectivity index is 1.47. The quantitative estimate of drug-likeness (QED) is 0.827. The summed E-state index contributed by atoms with van der Waals surface area (Å²) in [5, 5.41) is 1.71. The zero-order valence-corrected chi connectivity index (χ0v) is 13.4. The fraction of sp³-hybridized carbons (Fsp3) is 0.588. The maximum Gasteiger partial charge on any atom is 0.328 e. The van der Waals surface area contributed by atoms with Gasteiger partial charge in [-0.05, 0) is 25.0 Å². The summed E-state index contributed by atoms with van der Waals surface area (Å²) >= 11 is 0. The van der Waals surface area contributed by atoms with Gasteiger partial charge in [0.15, 0.2) is 0 Å². The molecular weight excluding hydrogens is 298 g/mol. The largest absolute Gasteiger partial charge is 0.497 e. The molecule has 0 spiro atoms. The fourth-order valence-electron chi connectivity index (χ4n) is 2.88. The summed E-state index contributed by atoms with van der Waals surface area (Å²) in [6.45, 7) is 2.57. The fourth-order valence-corrected chi connectivity index (χ4v) is 2.88. The Labute approximate surface area is 136 Å². The highest BCUT2D eigenvalue weighted by molar-refractivity contribution is 5.72. The molecule has 0 N–H and O–H groups in total. The van der Waals surface area contributed by atoms with E-state index in [1.54, 1.807) is 12.2 Å². The van der Waals surface area contributed by atoms with Crippen LogP contribution in [0.25, 0.3) is 0 Å². The summed E-state index contributed by atoms with van der Waals surface area (Å²) < 4.78 is 16.4. The average Bonchev–Trinajstić information content (AvgIpc) is 3.02. The van der Waals surface area contributed by atoms with Gasteiger partial charge in [-0.3, -0.25) is 4.79 Å².